The molecule has 3 N–H and O–H groups in total. The van der Waals surface area contributed by atoms with Gasteiger partial charge in [-0.2, -0.15) is 26.3 Å². The summed E-state index contributed by atoms with van der Waals surface area (Å²) >= 11 is 0. The molecule has 0 aliphatic carbocycles. The molecule has 0 fully saturated rings. The molecule has 0 amide bonds. The summed E-state index contributed by atoms with van der Waals surface area (Å²) in [5, 5.41) is 8.38. The smallest absolute Gasteiger partial charge is 0.402 e. The third-order valence-corrected chi connectivity index (χ3v) is 2.68. The molecule has 102 valence electrons. The monoisotopic (exact) mass is 278 g/mol. The zero-order valence-corrected chi connectivity index (χ0v) is 9.73. The Morgan fingerprint density at radius 2 is 1.88 bits per heavy atom. The Bertz CT molecular complexity index is 355. The van der Waals surface area contributed by atoms with Crippen LogP contribution in [0.4, 0.5) is 13.2 Å². The fourth-order valence-corrected chi connectivity index (χ4v) is 1.81. The van der Waals surface area contributed by atoms with Crippen molar-refractivity contribution in [2.24, 2.45) is 5.92 Å². The molecule has 0 heterocycles. The van der Waals surface area contributed by atoms with Crippen molar-refractivity contribution >= 4 is 16.2 Å². The Morgan fingerprint density at radius 3 is 2.29 bits per heavy atom. The van der Waals surface area contributed by atoms with E-state index in [2.05, 4.69) is 0 Å². The van der Waals surface area contributed by atoms with Crippen molar-refractivity contribution in [2.75, 3.05) is 13.1 Å². The molecule has 0 rings (SSSR count). The molecule has 0 aliphatic heterocycles. The van der Waals surface area contributed by atoms with Gasteiger partial charge in [0.1, 0.15) is 6.54 Å². The minimum absolute atomic E-state index is 0.251. The van der Waals surface area contributed by atoms with Crippen LogP contribution in [0.25, 0.3) is 0 Å². The molecule has 0 aromatic rings. The zero-order chi connectivity index (χ0) is 13.7. The van der Waals surface area contributed by atoms with Crippen molar-refractivity contribution in [2.45, 2.75) is 19.5 Å². The first-order valence-electron chi connectivity index (χ1n) is 4.54. The van der Waals surface area contributed by atoms with Gasteiger partial charge in [0.25, 0.3) is 10.2 Å². The number of carbonyl (C=O) groups is 1. The van der Waals surface area contributed by atoms with Gasteiger partial charge in [-0.05, 0) is 5.92 Å². The first-order chi connectivity index (χ1) is 7.52. The van der Waals surface area contributed by atoms with Crippen molar-refractivity contribution in [1.82, 2.24) is 9.44 Å². The molecule has 0 aromatic heterocycles. The second-order valence-electron chi connectivity index (χ2n) is 3.49. The van der Waals surface area contributed by atoms with Crippen molar-refractivity contribution in [1.29, 1.82) is 0 Å². The van der Waals surface area contributed by atoms with Crippen LogP contribution in [-0.2, 0) is 15.0 Å². The Labute approximate surface area is 96.4 Å². The highest BCUT2D eigenvalue weighted by Crippen LogP contribution is 2.12. The van der Waals surface area contributed by atoms with Crippen molar-refractivity contribution in [3.8, 4) is 0 Å². The summed E-state index contributed by atoms with van der Waals surface area (Å²) in [5.41, 5.74) is 0. The van der Waals surface area contributed by atoms with Crippen molar-refractivity contribution < 1.29 is 31.5 Å². The quantitative estimate of drug-likeness (QED) is 0.614. The van der Waals surface area contributed by atoms with Gasteiger partial charge < -0.3 is 5.11 Å². The van der Waals surface area contributed by atoms with Gasteiger partial charge in [-0.3, -0.25) is 4.79 Å². The summed E-state index contributed by atoms with van der Waals surface area (Å²) in [5.74, 6) is -1.63. The highest BCUT2D eigenvalue weighted by molar-refractivity contribution is 7.87. The largest absolute Gasteiger partial charge is 0.481 e. The fraction of sp³-hybridized carbons (Fsp3) is 0.857. The van der Waals surface area contributed by atoms with Gasteiger partial charge in [0.05, 0.1) is 0 Å². The molecule has 0 saturated carbocycles. The molecule has 0 radical (unpaired) electrons. The molecule has 1 unspecified atom stereocenters. The predicted octanol–water partition coefficient (Wildman–Crippen LogP) is 0.0835. The van der Waals surface area contributed by atoms with E-state index in [0.29, 0.717) is 0 Å². The minimum Gasteiger partial charge on any atom is -0.481 e. The average molecular weight is 278 g/mol. The van der Waals surface area contributed by atoms with E-state index in [1.165, 1.54) is 11.6 Å². The summed E-state index contributed by atoms with van der Waals surface area (Å²) in [6.45, 7) is -0.463. The molecule has 0 spiro atoms. The van der Waals surface area contributed by atoms with Gasteiger partial charge in [0.15, 0.2) is 0 Å². The molecule has 0 saturated heterocycles. The Hall–Kier alpha value is -0.870. The van der Waals surface area contributed by atoms with E-state index in [-0.39, 0.29) is 13.0 Å². The van der Waals surface area contributed by atoms with Crippen LogP contribution in [0, 0.1) is 5.92 Å². The number of aliphatic carboxylic acids is 1. The van der Waals surface area contributed by atoms with Gasteiger partial charge in [-0.1, -0.05) is 6.92 Å². The van der Waals surface area contributed by atoms with E-state index >= 15 is 0 Å². The van der Waals surface area contributed by atoms with E-state index in [1.54, 1.807) is 0 Å². The number of nitrogens with one attached hydrogen (secondary N) is 2. The molecule has 10 heteroatoms. The predicted molar refractivity (Wildman–Crippen MR) is 52.4 cm³/mol. The zero-order valence-electron chi connectivity index (χ0n) is 8.91. The van der Waals surface area contributed by atoms with Gasteiger partial charge in [-0.15, -0.1) is 0 Å². The fourth-order valence-electron chi connectivity index (χ4n) is 0.850. The Kier molecular flexibility index (Phi) is 5.85. The first kappa shape index (κ1) is 16.1. The highest BCUT2D eigenvalue weighted by atomic mass is 32.2. The number of halogens is 3. The maximum atomic E-state index is 11.7. The van der Waals surface area contributed by atoms with E-state index in [4.69, 9.17) is 5.11 Å². The van der Waals surface area contributed by atoms with Crippen LogP contribution in [0.5, 0.6) is 0 Å². The van der Waals surface area contributed by atoms with Crippen LogP contribution < -0.4 is 9.44 Å². The molecular formula is C7H13F3N2O4S. The standard InChI is InChI=1S/C7H13F3N2O4S/c1-5(2-6(13)14)3-11-17(15,16)12-4-7(8,9)10/h5,11-12H,2-4H2,1H3,(H,13,14). The van der Waals surface area contributed by atoms with E-state index in [1.807, 2.05) is 4.72 Å². The normalized spacial score (nSPS) is 14.6. The maximum absolute atomic E-state index is 11.7. The maximum Gasteiger partial charge on any atom is 0.402 e. The van der Waals surface area contributed by atoms with Gasteiger partial charge >= 0.3 is 12.1 Å². The van der Waals surface area contributed by atoms with Crippen LogP contribution >= 0.6 is 0 Å². The lowest BCUT2D eigenvalue weighted by Gasteiger charge is -2.12. The Balaban J connectivity index is 4.06. The third kappa shape index (κ3) is 10.0. The molecule has 6 nitrogen and oxygen atoms in total. The summed E-state index contributed by atoms with van der Waals surface area (Å²) in [7, 11) is -4.26. The van der Waals surface area contributed by atoms with Crippen LogP contribution in [-0.4, -0.2) is 38.8 Å². The highest BCUT2D eigenvalue weighted by Gasteiger charge is 2.29. The molecular weight excluding hydrogens is 265 g/mol. The SMILES string of the molecule is CC(CNS(=O)(=O)NCC(F)(F)F)CC(=O)O. The first-order valence-corrected chi connectivity index (χ1v) is 6.03. The van der Waals surface area contributed by atoms with Crippen LogP contribution in [0.2, 0.25) is 0 Å². The van der Waals surface area contributed by atoms with Gasteiger partial charge in [0, 0.05) is 13.0 Å². The summed E-state index contributed by atoms with van der Waals surface area (Å²) in [6, 6.07) is 0. The molecule has 0 aliphatic rings. The lowest BCUT2D eigenvalue weighted by Crippen LogP contribution is -2.43. The van der Waals surface area contributed by atoms with Crippen LogP contribution in [0.3, 0.4) is 0 Å². The minimum atomic E-state index is -4.64. The van der Waals surface area contributed by atoms with E-state index in [9.17, 15) is 26.4 Å². The second-order valence-corrected chi connectivity index (χ2v) is 5.08. The third-order valence-electron chi connectivity index (χ3n) is 1.61. The number of carboxylic acid groups (broad SMARTS) is 1. The lowest BCUT2D eigenvalue weighted by molar-refractivity contribution is -0.137. The van der Waals surface area contributed by atoms with Crippen molar-refractivity contribution in [3.05, 3.63) is 0 Å². The number of hydrogen-bond donors (Lipinski definition) is 3. The Morgan fingerprint density at radius 1 is 1.35 bits per heavy atom. The number of hydrogen-bond acceptors (Lipinski definition) is 3. The van der Waals surface area contributed by atoms with Gasteiger partial charge in [-0.25, -0.2) is 4.72 Å². The number of carboxylic acids is 1. The number of rotatable bonds is 7. The topological polar surface area (TPSA) is 95.5 Å². The van der Waals surface area contributed by atoms with Crippen LogP contribution in [0.1, 0.15) is 13.3 Å². The van der Waals surface area contributed by atoms with E-state index in [0.717, 1.165) is 0 Å². The summed E-state index contributed by atoms with van der Waals surface area (Å²) < 4.78 is 60.3. The van der Waals surface area contributed by atoms with Crippen molar-refractivity contribution in [3.63, 3.8) is 0 Å². The average Bonchev–Trinajstić information content (AvgIpc) is 2.10. The van der Waals surface area contributed by atoms with Gasteiger partial charge in [0.2, 0.25) is 0 Å². The molecule has 17 heavy (non-hydrogen) atoms. The molecule has 0 aromatic carbocycles. The second kappa shape index (κ2) is 6.17. The summed E-state index contributed by atoms with van der Waals surface area (Å²) in [4.78, 5) is 10.2. The molecule has 0 bridgehead atoms. The number of alkyl halides is 3. The van der Waals surface area contributed by atoms with Crippen LogP contribution in [0.15, 0.2) is 0 Å². The molecule has 1 atom stereocenters. The van der Waals surface area contributed by atoms with E-state index < -0.39 is 34.8 Å². The lowest BCUT2D eigenvalue weighted by atomic mass is 10.1. The summed E-state index contributed by atoms with van der Waals surface area (Å²) in [6.07, 6.45) is -4.91.